The molecule has 0 heterocycles. The van der Waals surface area contributed by atoms with Crippen LogP contribution in [0.4, 0.5) is 4.79 Å². The summed E-state index contributed by atoms with van der Waals surface area (Å²) in [7, 11) is 1.36. The number of nitrogens with one attached hydrogen (secondary N) is 1. The van der Waals surface area contributed by atoms with Gasteiger partial charge < -0.3 is 14.8 Å². The lowest BCUT2D eigenvalue weighted by Gasteiger charge is -2.24. The van der Waals surface area contributed by atoms with Gasteiger partial charge in [-0.3, -0.25) is 4.79 Å². The highest BCUT2D eigenvalue weighted by molar-refractivity contribution is 5.86. The van der Waals surface area contributed by atoms with E-state index in [4.69, 9.17) is 9.47 Å². The average molecular weight is 480 g/mol. The minimum Gasteiger partial charge on any atom is -0.469 e. The number of hydrogen-bond acceptors (Lipinski definition) is 4. The molecule has 1 N–H and O–H groups in total. The van der Waals surface area contributed by atoms with Gasteiger partial charge >= 0.3 is 12.1 Å². The fraction of sp³-hybridized carbons (Fsp3) is 0.226. The number of carbonyl (C=O) groups is 2. The van der Waals surface area contributed by atoms with E-state index in [1.165, 1.54) is 18.2 Å². The zero-order chi connectivity index (χ0) is 25.1. The van der Waals surface area contributed by atoms with Crippen molar-refractivity contribution in [3.63, 3.8) is 0 Å². The first-order chi connectivity index (χ1) is 17.6. The summed E-state index contributed by atoms with van der Waals surface area (Å²) in [6.07, 6.45) is -0.0696. The first kappa shape index (κ1) is 23.6. The van der Waals surface area contributed by atoms with Gasteiger partial charge in [0.15, 0.2) is 0 Å². The van der Waals surface area contributed by atoms with Gasteiger partial charge in [-0.25, -0.2) is 4.79 Å². The van der Waals surface area contributed by atoms with Crippen molar-refractivity contribution in [3.05, 3.63) is 108 Å². The zero-order valence-corrected chi connectivity index (χ0v) is 20.4. The predicted octanol–water partition coefficient (Wildman–Crippen LogP) is 6.10. The molecule has 0 unspecified atom stereocenters. The van der Waals surface area contributed by atoms with Crippen molar-refractivity contribution in [1.29, 1.82) is 0 Å². The molecule has 0 aromatic heterocycles. The summed E-state index contributed by atoms with van der Waals surface area (Å²) in [5.74, 6) is -0.952. The van der Waals surface area contributed by atoms with Crippen LogP contribution >= 0.6 is 0 Å². The van der Waals surface area contributed by atoms with Gasteiger partial charge in [-0.1, -0.05) is 91.0 Å². The van der Waals surface area contributed by atoms with E-state index in [1.807, 2.05) is 48.5 Å². The SMILES string of the molecule is COC(=O)[C@H](C)[C@H](Cc1cccc2ccccc12)NC(=O)OCC1c2ccccc2-c2ccccc21. The Bertz CT molecular complexity index is 1360. The number of methoxy groups -OCH3 is 1. The smallest absolute Gasteiger partial charge is 0.407 e. The van der Waals surface area contributed by atoms with Crippen LogP contribution in [0.25, 0.3) is 21.9 Å². The van der Waals surface area contributed by atoms with Gasteiger partial charge in [-0.05, 0) is 51.9 Å². The Hall–Kier alpha value is -4.12. The van der Waals surface area contributed by atoms with Gasteiger partial charge in [0.1, 0.15) is 6.61 Å². The highest BCUT2D eigenvalue weighted by Crippen LogP contribution is 2.44. The van der Waals surface area contributed by atoms with Gasteiger partial charge in [-0.2, -0.15) is 0 Å². The van der Waals surface area contributed by atoms with Crippen LogP contribution in [0.1, 0.15) is 29.5 Å². The second kappa shape index (κ2) is 10.2. The normalized spacial score (nSPS) is 13.9. The Balaban J connectivity index is 1.33. The van der Waals surface area contributed by atoms with E-state index in [0.29, 0.717) is 6.42 Å². The zero-order valence-electron chi connectivity index (χ0n) is 20.4. The van der Waals surface area contributed by atoms with Crippen LogP contribution in [0.2, 0.25) is 0 Å². The average Bonchev–Trinajstić information content (AvgIpc) is 3.24. The number of alkyl carbamates (subject to hydrolysis) is 1. The molecule has 36 heavy (non-hydrogen) atoms. The van der Waals surface area contributed by atoms with Crippen LogP contribution in [-0.4, -0.2) is 31.8 Å². The van der Waals surface area contributed by atoms with E-state index < -0.39 is 18.1 Å². The molecule has 0 saturated heterocycles. The van der Waals surface area contributed by atoms with Gasteiger partial charge in [0.05, 0.1) is 13.0 Å². The van der Waals surface area contributed by atoms with Crippen LogP contribution in [0.5, 0.6) is 0 Å². The van der Waals surface area contributed by atoms with Crippen molar-refractivity contribution < 1.29 is 19.1 Å². The van der Waals surface area contributed by atoms with Gasteiger partial charge in [0, 0.05) is 12.0 Å². The van der Waals surface area contributed by atoms with E-state index in [-0.39, 0.29) is 18.5 Å². The molecule has 0 bridgehead atoms. The number of esters is 1. The molecule has 0 spiro atoms. The van der Waals surface area contributed by atoms with Gasteiger partial charge in [-0.15, -0.1) is 0 Å². The molecule has 4 aromatic carbocycles. The maximum Gasteiger partial charge on any atom is 0.407 e. The van der Waals surface area contributed by atoms with Crippen molar-refractivity contribution in [3.8, 4) is 11.1 Å². The van der Waals surface area contributed by atoms with Crippen molar-refractivity contribution in [1.82, 2.24) is 5.32 Å². The topological polar surface area (TPSA) is 64.6 Å². The van der Waals surface area contributed by atoms with Crippen molar-refractivity contribution >= 4 is 22.8 Å². The molecule has 5 rings (SSSR count). The fourth-order valence-corrected chi connectivity index (χ4v) is 5.20. The Labute approximate surface area is 211 Å². The number of carbonyl (C=O) groups excluding carboxylic acids is 2. The third kappa shape index (κ3) is 4.57. The van der Waals surface area contributed by atoms with Crippen molar-refractivity contribution in [2.24, 2.45) is 5.92 Å². The minimum atomic E-state index is -0.547. The number of amides is 1. The summed E-state index contributed by atoms with van der Waals surface area (Å²) < 4.78 is 10.7. The highest BCUT2D eigenvalue weighted by atomic mass is 16.5. The summed E-state index contributed by atoms with van der Waals surface area (Å²) in [4.78, 5) is 25.4. The maximum atomic E-state index is 13.0. The van der Waals surface area contributed by atoms with Crippen LogP contribution in [0.3, 0.4) is 0 Å². The van der Waals surface area contributed by atoms with Crippen LogP contribution in [-0.2, 0) is 20.7 Å². The molecule has 1 aliphatic carbocycles. The molecule has 182 valence electrons. The molecule has 2 atom stereocenters. The Kier molecular flexibility index (Phi) is 6.72. The lowest BCUT2D eigenvalue weighted by Crippen LogP contribution is -2.44. The lowest BCUT2D eigenvalue weighted by molar-refractivity contribution is -0.145. The molecule has 1 aliphatic rings. The first-order valence-corrected chi connectivity index (χ1v) is 12.2. The summed E-state index contributed by atoms with van der Waals surface area (Å²) in [5, 5.41) is 5.16. The molecule has 0 saturated carbocycles. The molecular formula is C31H29NO4. The molecule has 0 radical (unpaired) electrons. The fourth-order valence-electron chi connectivity index (χ4n) is 5.20. The Morgan fingerprint density at radius 3 is 2.14 bits per heavy atom. The molecule has 5 heteroatoms. The number of ether oxygens (including phenoxy) is 2. The second-order valence-electron chi connectivity index (χ2n) is 9.23. The lowest BCUT2D eigenvalue weighted by atomic mass is 9.92. The van der Waals surface area contributed by atoms with E-state index in [9.17, 15) is 9.59 Å². The predicted molar refractivity (Wildman–Crippen MR) is 141 cm³/mol. The quantitative estimate of drug-likeness (QED) is 0.325. The van der Waals surface area contributed by atoms with Crippen LogP contribution in [0.15, 0.2) is 91.0 Å². The number of rotatable bonds is 7. The number of hydrogen-bond donors (Lipinski definition) is 1. The van der Waals surface area contributed by atoms with E-state index in [0.717, 1.165) is 27.5 Å². The molecular weight excluding hydrogens is 450 g/mol. The summed E-state index contributed by atoms with van der Waals surface area (Å²) in [6, 6.07) is 30.1. The third-order valence-electron chi connectivity index (χ3n) is 7.14. The van der Waals surface area contributed by atoms with E-state index in [1.54, 1.807) is 6.92 Å². The van der Waals surface area contributed by atoms with Gasteiger partial charge in [0.25, 0.3) is 0 Å². The third-order valence-corrected chi connectivity index (χ3v) is 7.14. The largest absolute Gasteiger partial charge is 0.469 e. The molecule has 1 amide bonds. The first-order valence-electron chi connectivity index (χ1n) is 12.2. The standard InChI is InChI=1S/C31H29NO4/c1-20(30(33)35-2)29(18-22-12-9-11-21-10-3-4-13-23(21)22)32-31(34)36-19-28-26-16-7-5-14-24(26)25-15-6-8-17-27(25)28/h3-17,20,28-29H,18-19H2,1-2H3,(H,32,34)/t20-,29+/m1/s1. The molecule has 0 aliphatic heterocycles. The van der Waals surface area contributed by atoms with Crippen LogP contribution in [0, 0.1) is 5.92 Å². The monoisotopic (exact) mass is 479 g/mol. The van der Waals surface area contributed by atoms with Crippen molar-refractivity contribution in [2.75, 3.05) is 13.7 Å². The van der Waals surface area contributed by atoms with E-state index in [2.05, 4.69) is 47.8 Å². The Morgan fingerprint density at radius 2 is 1.44 bits per heavy atom. The summed E-state index contributed by atoms with van der Waals surface area (Å²) in [6.45, 7) is 1.98. The van der Waals surface area contributed by atoms with Crippen molar-refractivity contribution in [2.45, 2.75) is 25.3 Å². The summed E-state index contributed by atoms with van der Waals surface area (Å²) in [5.41, 5.74) is 5.71. The second-order valence-corrected chi connectivity index (χ2v) is 9.23. The summed E-state index contributed by atoms with van der Waals surface area (Å²) >= 11 is 0. The number of benzene rings is 4. The number of fused-ring (bicyclic) bond motifs is 4. The minimum absolute atomic E-state index is 0.0299. The van der Waals surface area contributed by atoms with Crippen LogP contribution < -0.4 is 5.32 Å². The molecule has 0 fully saturated rings. The maximum absolute atomic E-state index is 13.0. The molecule has 4 aromatic rings. The van der Waals surface area contributed by atoms with Gasteiger partial charge in [0.2, 0.25) is 0 Å². The molecule has 5 nitrogen and oxygen atoms in total. The van der Waals surface area contributed by atoms with E-state index >= 15 is 0 Å². The highest BCUT2D eigenvalue weighted by Gasteiger charge is 2.31. The Morgan fingerprint density at radius 1 is 0.833 bits per heavy atom.